The highest BCUT2D eigenvalue weighted by Crippen LogP contribution is 2.32. The Morgan fingerprint density at radius 2 is 2.23 bits per heavy atom. The van der Waals surface area contributed by atoms with Crippen LogP contribution in [0.2, 0.25) is 0 Å². The molecule has 132 valence electrons. The van der Waals surface area contributed by atoms with Crippen LogP contribution in [0.1, 0.15) is 33.9 Å². The second-order valence-electron chi connectivity index (χ2n) is 6.06. The average molecular weight is 366 g/mol. The van der Waals surface area contributed by atoms with Gasteiger partial charge in [-0.15, -0.1) is 17.9 Å². The van der Waals surface area contributed by atoms with Gasteiger partial charge in [-0.2, -0.15) is 0 Å². The monoisotopic (exact) mass is 366 g/mol. The highest BCUT2D eigenvalue weighted by molar-refractivity contribution is 7.16. The molecule has 0 aromatic carbocycles. The zero-order valence-corrected chi connectivity index (χ0v) is 15.0. The van der Waals surface area contributed by atoms with Gasteiger partial charge in [-0.25, -0.2) is 9.97 Å². The van der Waals surface area contributed by atoms with Crippen molar-refractivity contribution in [1.29, 1.82) is 0 Å². The Kier molecular flexibility index (Phi) is 4.62. The minimum Gasteiger partial charge on any atom is -0.444 e. The molecule has 0 bridgehead atoms. The maximum absolute atomic E-state index is 13.0. The number of rotatable bonds is 5. The first-order valence-electron chi connectivity index (χ1n) is 8.53. The molecule has 0 N–H and O–H groups in total. The summed E-state index contributed by atoms with van der Waals surface area (Å²) in [5.41, 5.74) is 2.10. The zero-order valence-electron chi connectivity index (χ0n) is 14.2. The molecule has 3 aromatic rings. The first-order chi connectivity index (χ1) is 12.8. The molecule has 0 unspecified atom stereocenters. The van der Waals surface area contributed by atoms with E-state index in [4.69, 9.17) is 4.42 Å². The fraction of sp³-hybridized carbons (Fsp3) is 0.263. The van der Waals surface area contributed by atoms with Gasteiger partial charge in [-0.1, -0.05) is 6.08 Å². The Balaban J connectivity index is 1.63. The van der Waals surface area contributed by atoms with Gasteiger partial charge in [0.25, 0.3) is 5.91 Å². The minimum atomic E-state index is -0.241. The minimum absolute atomic E-state index is 0.241. The molecular weight excluding hydrogens is 348 g/mol. The van der Waals surface area contributed by atoms with Crippen LogP contribution in [0.15, 0.2) is 47.9 Å². The lowest BCUT2D eigenvalue weighted by Gasteiger charge is -2.16. The fourth-order valence-corrected chi connectivity index (χ4v) is 4.12. The number of pyridine rings is 1. The van der Waals surface area contributed by atoms with Crippen LogP contribution >= 0.6 is 11.3 Å². The van der Waals surface area contributed by atoms with E-state index in [9.17, 15) is 4.79 Å². The van der Waals surface area contributed by atoms with Gasteiger partial charge < -0.3 is 4.42 Å². The number of aromatic nitrogens is 3. The van der Waals surface area contributed by atoms with Crippen LogP contribution in [0.3, 0.4) is 0 Å². The normalized spacial score (nSPS) is 13.2. The molecule has 1 amide bonds. The van der Waals surface area contributed by atoms with Crippen LogP contribution in [-0.4, -0.2) is 27.4 Å². The molecule has 0 radical (unpaired) electrons. The van der Waals surface area contributed by atoms with Crippen molar-refractivity contribution in [2.75, 3.05) is 11.4 Å². The van der Waals surface area contributed by atoms with Crippen molar-refractivity contribution >= 4 is 22.4 Å². The third kappa shape index (κ3) is 3.17. The van der Waals surface area contributed by atoms with Crippen molar-refractivity contribution in [2.24, 2.45) is 0 Å². The van der Waals surface area contributed by atoms with E-state index in [-0.39, 0.29) is 11.6 Å². The standard InChI is InChI=1S/C19H18N4O2S/c1-2-10-23(19-22-14-7-3-4-8-16(14)26-19)18(24)15-12-25-17(21-15)13-6-5-9-20-11-13/h2,5-6,9,11-12H,1,3-4,7-8,10H2. The van der Waals surface area contributed by atoms with E-state index < -0.39 is 0 Å². The number of oxazole rings is 1. The SMILES string of the molecule is C=CCN(C(=O)c1coc(-c2cccnc2)n1)c1nc2c(s1)CCCC2. The predicted octanol–water partition coefficient (Wildman–Crippen LogP) is 3.90. The highest BCUT2D eigenvalue weighted by atomic mass is 32.1. The van der Waals surface area contributed by atoms with Crippen LogP contribution < -0.4 is 4.90 Å². The van der Waals surface area contributed by atoms with Gasteiger partial charge in [0, 0.05) is 23.8 Å². The molecule has 6 nitrogen and oxygen atoms in total. The number of nitrogens with zero attached hydrogens (tertiary/aromatic N) is 4. The molecule has 0 spiro atoms. The second kappa shape index (κ2) is 7.21. The molecular formula is C19H18N4O2S. The molecule has 0 saturated carbocycles. The highest BCUT2D eigenvalue weighted by Gasteiger charge is 2.25. The van der Waals surface area contributed by atoms with Crippen molar-refractivity contribution in [3.05, 3.63) is 59.7 Å². The first kappa shape index (κ1) is 16.7. The first-order valence-corrected chi connectivity index (χ1v) is 9.35. The summed E-state index contributed by atoms with van der Waals surface area (Å²) >= 11 is 1.59. The Morgan fingerprint density at radius 1 is 1.35 bits per heavy atom. The summed E-state index contributed by atoms with van der Waals surface area (Å²) in [5.74, 6) is 0.133. The summed E-state index contributed by atoms with van der Waals surface area (Å²) in [6.07, 6.45) is 10.8. The smallest absolute Gasteiger partial charge is 0.282 e. The van der Waals surface area contributed by atoms with Crippen molar-refractivity contribution in [3.8, 4) is 11.5 Å². The number of amides is 1. The van der Waals surface area contributed by atoms with Crippen LogP contribution in [0.5, 0.6) is 0 Å². The van der Waals surface area contributed by atoms with Gasteiger partial charge in [0.1, 0.15) is 6.26 Å². The van der Waals surface area contributed by atoms with Gasteiger partial charge in [0.2, 0.25) is 5.89 Å². The Labute approximate surface area is 155 Å². The summed E-state index contributed by atoms with van der Waals surface area (Å²) in [6.45, 7) is 4.14. The molecule has 0 fully saturated rings. The van der Waals surface area contributed by atoms with Crippen molar-refractivity contribution in [1.82, 2.24) is 15.0 Å². The summed E-state index contributed by atoms with van der Waals surface area (Å²) < 4.78 is 5.48. The maximum atomic E-state index is 13.0. The number of carbonyl (C=O) groups excluding carboxylic acids is 1. The predicted molar refractivity (Wildman–Crippen MR) is 100 cm³/mol. The van der Waals surface area contributed by atoms with Crippen LogP contribution in [-0.2, 0) is 12.8 Å². The third-order valence-electron chi connectivity index (χ3n) is 4.25. The van der Waals surface area contributed by atoms with Crippen molar-refractivity contribution in [3.63, 3.8) is 0 Å². The molecule has 0 aliphatic heterocycles. The average Bonchev–Trinajstić information content (AvgIpc) is 3.33. The van der Waals surface area contributed by atoms with E-state index in [1.165, 1.54) is 17.6 Å². The Morgan fingerprint density at radius 3 is 3.00 bits per heavy atom. The topological polar surface area (TPSA) is 72.1 Å². The van der Waals surface area contributed by atoms with Gasteiger partial charge in [-0.3, -0.25) is 14.7 Å². The number of hydrogen-bond donors (Lipinski definition) is 0. The van der Waals surface area contributed by atoms with E-state index in [2.05, 4.69) is 21.5 Å². The molecule has 3 aromatic heterocycles. The second-order valence-corrected chi connectivity index (χ2v) is 7.12. The number of carbonyl (C=O) groups is 1. The largest absolute Gasteiger partial charge is 0.444 e. The van der Waals surface area contributed by atoms with Crippen LogP contribution in [0.4, 0.5) is 5.13 Å². The summed E-state index contributed by atoms with van der Waals surface area (Å²) in [6, 6.07) is 3.63. The molecule has 26 heavy (non-hydrogen) atoms. The van der Waals surface area contributed by atoms with E-state index in [1.807, 2.05) is 6.07 Å². The summed E-state index contributed by atoms with van der Waals surface area (Å²) in [4.78, 5) is 29.0. The van der Waals surface area contributed by atoms with Gasteiger partial charge in [-0.05, 0) is 37.8 Å². The van der Waals surface area contributed by atoms with Gasteiger partial charge >= 0.3 is 0 Å². The van der Waals surface area contributed by atoms with Crippen molar-refractivity contribution < 1.29 is 9.21 Å². The maximum Gasteiger partial charge on any atom is 0.282 e. The molecule has 0 atom stereocenters. The number of fused-ring (bicyclic) bond motifs is 1. The number of thiazole rings is 1. The van der Waals surface area contributed by atoms with Crippen molar-refractivity contribution in [2.45, 2.75) is 25.7 Å². The summed E-state index contributed by atoms with van der Waals surface area (Å²) in [5, 5.41) is 0.702. The molecule has 1 aliphatic rings. The number of aryl methyl sites for hydroxylation is 2. The molecule has 7 heteroatoms. The molecule has 3 heterocycles. The lowest BCUT2D eigenvalue weighted by molar-refractivity contribution is 0.0985. The van der Waals surface area contributed by atoms with E-state index in [0.29, 0.717) is 17.6 Å². The van der Waals surface area contributed by atoms with E-state index >= 15 is 0 Å². The summed E-state index contributed by atoms with van der Waals surface area (Å²) in [7, 11) is 0. The zero-order chi connectivity index (χ0) is 17.9. The quantitative estimate of drug-likeness (QED) is 0.640. The van der Waals surface area contributed by atoms with Crippen LogP contribution in [0.25, 0.3) is 11.5 Å². The van der Waals surface area contributed by atoms with Gasteiger partial charge in [0.15, 0.2) is 10.8 Å². The van der Waals surface area contributed by atoms with Crippen LogP contribution in [0, 0.1) is 0 Å². The molecule has 0 saturated heterocycles. The van der Waals surface area contributed by atoms with Gasteiger partial charge in [0.05, 0.1) is 11.3 Å². The lowest BCUT2D eigenvalue weighted by Crippen LogP contribution is -2.31. The molecule has 4 rings (SSSR count). The lowest BCUT2D eigenvalue weighted by atomic mass is 10.0. The van der Waals surface area contributed by atoms with E-state index in [0.717, 1.165) is 30.5 Å². The Hall–Kier alpha value is -2.80. The fourth-order valence-electron chi connectivity index (χ4n) is 2.96. The molecule has 1 aliphatic carbocycles. The van der Waals surface area contributed by atoms with E-state index in [1.54, 1.807) is 40.8 Å². The number of anilines is 1. The number of hydrogen-bond acceptors (Lipinski definition) is 6. The third-order valence-corrected chi connectivity index (χ3v) is 5.43. The Bertz CT molecular complexity index is 909.